The van der Waals surface area contributed by atoms with E-state index in [2.05, 4.69) is 15.1 Å². The molecule has 2 aromatic heterocycles. The fraction of sp³-hybridized carbons (Fsp3) is 0.250. The van der Waals surface area contributed by atoms with Crippen LogP contribution < -0.4 is 15.0 Å². The molecular formula is C24H24N4O6. The van der Waals surface area contributed by atoms with Crippen LogP contribution in [-0.2, 0) is 17.8 Å². The zero-order chi connectivity index (χ0) is 24.1. The van der Waals surface area contributed by atoms with Gasteiger partial charge in [-0.25, -0.2) is 0 Å². The number of benzene rings is 2. The number of rotatable bonds is 9. The van der Waals surface area contributed by atoms with Gasteiger partial charge in [0, 0.05) is 18.6 Å². The van der Waals surface area contributed by atoms with Crippen LogP contribution in [0.2, 0.25) is 0 Å². The Bertz CT molecular complexity index is 1290. The molecule has 10 nitrogen and oxygen atoms in total. The molecule has 0 bridgehead atoms. The van der Waals surface area contributed by atoms with E-state index in [1.807, 2.05) is 31.2 Å². The lowest BCUT2D eigenvalue weighted by Crippen LogP contribution is -2.28. The number of ether oxygens (including phenoxy) is 3. The van der Waals surface area contributed by atoms with Crippen LogP contribution in [0.15, 0.2) is 58.2 Å². The number of methoxy groups -OCH3 is 2. The van der Waals surface area contributed by atoms with Crippen molar-refractivity contribution in [2.45, 2.75) is 20.0 Å². The van der Waals surface area contributed by atoms with E-state index in [4.69, 9.17) is 18.7 Å². The van der Waals surface area contributed by atoms with Crippen LogP contribution in [0.1, 0.15) is 23.9 Å². The number of nitrogens with zero attached hydrogens (tertiary/aromatic N) is 4. The van der Waals surface area contributed by atoms with Crippen molar-refractivity contribution in [1.82, 2.24) is 19.7 Å². The van der Waals surface area contributed by atoms with Crippen LogP contribution in [0.5, 0.6) is 17.4 Å². The number of para-hydroxylation sites is 1. The van der Waals surface area contributed by atoms with Crippen LogP contribution in [0.3, 0.4) is 0 Å². The molecule has 0 saturated heterocycles. The first-order valence-corrected chi connectivity index (χ1v) is 10.6. The molecule has 4 rings (SSSR count). The topological polar surface area (TPSA) is 122 Å². The molecule has 0 radical (unpaired) electrons. The second-order valence-electron chi connectivity index (χ2n) is 7.25. The lowest BCUT2D eigenvalue weighted by molar-refractivity contribution is 0.125. The first-order chi connectivity index (χ1) is 16.6. The Morgan fingerprint density at radius 2 is 1.76 bits per heavy atom. The molecule has 0 saturated carbocycles. The molecule has 0 spiro atoms. The van der Waals surface area contributed by atoms with Crippen molar-refractivity contribution < 1.29 is 23.8 Å². The molecule has 0 atom stereocenters. The molecule has 0 aliphatic carbocycles. The predicted molar refractivity (Wildman–Crippen MR) is 122 cm³/mol. The Kier molecular flexibility index (Phi) is 6.88. The van der Waals surface area contributed by atoms with Crippen molar-refractivity contribution in [1.29, 1.82) is 0 Å². The molecule has 0 amide bonds. The monoisotopic (exact) mass is 464 g/mol. The summed E-state index contributed by atoms with van der Waals surface area (Å²) < 4.78 is 22.7. The lowest BCUT2D eigenvalue weighted by Gasteiger charge is -2.19. The van der Waals surface area contributed by atoms with Gasteiger partial charge in [-0.1, -0.05) is 35.5 Å². The minimum Gasteiger partial charge on any atom is -0.494 e. The maximum Gasteiger partial charge on any atom is 0.265 e. The average molecular weight is 464 g/mol. The summed E-state index contributed by atoms with van der Waals surface area (Å²) in [5, 5.41) is 14.5. The van der Waals surface area contributed by atoms with Gasteiger partial charge in [0.05, 0.1) is 19.8 Å². The van der Waals surface area contributed by atoms with E-state index in [0.29, 0.717) is 29.6 Å². The second-order valence-corrected chi connectivity index (χ2v) is 7.25. The van der Waals surface area contributed by atoms with Gasteiger partial charge in [-0.2, -0.15) is 9.97 Å². The number of aromatic hydroxyl groups is 1. The molecular weight excluding hydrogens is 440 g/mol. The Balaban J connectivity index is 1.82. The maximum atomic E-state index is 13.7. The van der Waals surface area contributed by atoms with Crippen molar-refractivity contribution in [3.63, 3.8) is 0 Å². The summed E-state index contributed by atoms with van der Waals surface area (Å²) in [5.74, 6) is 1.17. The summed E-state index contributed by atoms with van der Waals surface area (Å²) >= 11 is 0. The van der Waals surface area contributed by atoms with Gasteiger partial charge in [-0.05, 0) is 24.6 Å². The first kappa shape index (κ1) is 23.0. The highest BCUT2D eigenvalue weighted by molar-refractivity contribution is 5.58. The van der Waals surface area contributed by atoms with Gasteiger partial charge in [-0.3, -0.25) is 9.36 Å². The van der Waals surface area contributed by atoms with Crippen molar-refractivity contribution in [3.05, 3.63) is 76.2 Å². The molecule has 176 valence electrons. The van der Waals surface area contributed by atoms with Crippen molar-refractivity contribution >= 4 is 0 Å². The number of hydrogen-bond acceptors (Lipinski definition) is 9. The van der Waals surface area contributed by atoms with Gasteiger partial charge in [0.2, 0.25) is 18.1 Å². The minimum absolute atomic E-state index is 0.0141. The van der Waals surface area contributed by atoms with Crippen LogP contribution in [-0.4, -0.2) is 45.6 Å². The summed E-state index contributed by atoms with van der Waals surface area (Å²) in [7, 11) is 3.01. The Hall–Kier alpha value is -4.18. The van der Waals surface area contributed by atoms with E-state index >= 15 is 0 Å². The molecule has 2 heterocycles. The van der Waals surface area contributed by atoms with Gasteiger partial charge in [-0.15, -0.1) is 0 Å². The Morgan fingerprint density at radius 3 is 2.35 bits per heavy atom. The minimum atomic E-state index is -0.452. The zero-order valence-electron chi connectivity index (χ0n) is 19.0. The molecule has 1 N–H and O–H groups in total. The van der Waals surface area contributed by atoms with Gasteiger partial charge in [0.1, 0.15) is 29.6 Å². The molecule has 0 aliphatic heterocycles. The third kappa shape index (κ3) is 4.48. The average Bonchev–Trinajstić information content (AvgIpc) is 3.40. The van der Waals surface area contributed by atoms with Crippen molar-refractivity contribution in [2.24, 2.45) is 0 Å². The summed E-state index contributed by atoms with van der Waals surface area (Å²) in [4.78, 5) is 22.1. The maximum absolute atomic E-state index is 13.7. The Labute approximate surface area is 195 Å². The molecule has 0 unspecified atom stereocenters. The Morgan fingerprint density at radius 1 is 1.06 bits per heavy atom. The summed E-state index contributed by atoms with van der Waals surface area (Å²) in [5.41, 5.74) is 1.61. The highest BCUT2D eigenvalue weighted by atomic mass is 16.5. The van der Waals surface area contributed by atoms with Gasteiger partial charge in [0.15, 0.2) is 0 Å². The van der Waals surface area contributed by atoms with E-state index in [1.54, 1.807) is 18.2 Å². The van der Waals surface area contributed by atoms with E-state index in [0.717, 1.165) is 11.1 Å². The highest BCUT2D eigenvalue weighted by Crippen LogP contribution is 2.33. The molecule has 2 aromatic carbocycles. The molecule has 0 fully saturated rings. The fourth-order valence-electron chi connectivity index (χ4n) is 3.59. The standard InChI is InChI=1S/C24H24N4O6/c1-4-33-13-20-26-23(29)17(12-15-8-10-16(11-9-15)22-25-14-34-27-22)24(30)28(20)21-18(31-2)6-5-7-19(21)32-3/h5-11,14,29H,4,12-13H2,1-3H3. The SMILES string of the molecule is CCOCc1nc(O)c(Cc2ccc(-c3ncon3)cc2)c(=O)n1-c1c(OC)cccc1OC. The lowest BCUT2D eigenvalue weighted by atomic mass is 10.0. The van der Waals surface area contributed by atoms with E-state index in [-0.39, 0.29) is 30.3 Å². The summed E-state index contributed by atoms with van der Waals surface area (Å²) in [6.07, 6.45) is 1.40. The molecule has 0 aliphatic rings. The van der Waals surface area contributed by atoms with E-state index in [1.165, 1.54) is 25.2 Å². The number of aromatic nitrogens is 4. The third-order valence-electron chi connectivity index (χ3n) is 5.24. The van der Waals surface area contributed by atoms with Crippen LogP contribution in [0, 0.1) is 0 Å². The fourth-order valence-corrected chi connectivity index (χ4v) is 3.59. The highest BCUT2D eigenvalue weighted by Gasteiger charge is 2.23. The molecule has 4 aromatic rings. The van der Waals surface area contributed by atoms with Crippen molar-refractivity contribution in [3.8, 4) is 34.5 Å². The van der Waals surface area contributed by atoms with Gasteiger partial charge in [0.25, 0.3) is 5.56 Å². The zero-order valence-corrected chi connectivity index (χ0v) is 19.0. The smallest absolute Gasteiger partial charge is 0.265 e. The van der Waals surface area contributed by atoms with E-state index in [9.17, 15) is 9.90 Å². The predicted octanol–water partition coefficient (Wildman–Crippen LogP) is 3.13. The van der Waals surface area contributed by atoms with E-state index < -0.39 is 5.56 Å². The van der Waals surface area contributed by atoms with Gasteiger partial charge < -0.3 is 23.8 Å². The van der Waals surface area contributed by atoms with Gasteiger partial charge >= 0.3 is 0 Å². The van der Waals surface area contributed by atoms with Crippen molar-refractivity contribution in [2.75, 3.05) is 20.8 Å². The molecule has 10 heteroatoms. The van der Waals surface area contributed by atoms with Crippen LogP contribution in [0.25, 0.3) is 17.1 Å². The second kappa shape index (κ2) is 10.2. The number of hydrogen-bond donors (Lipinski definition) is 1. The van der Waals surface area contributed by atoms with Crippen LogP contribution >= 0.6 is 0 Å². The summed E-state index contributed by atoms with van der Waals surface area (Å²) in [6.45, 7) is 2.26. The first-order valence-electron chi connectivity index (χ1n) is 10.6. The third-order valence-corrected chi connectivity index (χ3v) is 5.24. The summed E-state index contributed by atoms with van der Waals surface area (Å²) in [6, 6.07) is 12.5. The molecule has 34 heavy (non-hydrogen) atoms. The quantitative estimate of drug-likeness (QED) is 0.398. The van der Waals surface area contributed by atoms with Crippen LogP contribution in [0.4, 0.5) is 0 Å². The normalized spacial score (nSPS) is 10.9. The largest absolute Gasteiger partial charge is 0.494 e.